The lowest BCUT2D eigenvalue weighted by atomic mass is 10.1. The lowest BCUT2D eigenvalue weighted by Crippen LogP contribution is -2.32. The molecule has 178 valence electrons. The first kappa shape index (κ1) is 24.3. The third kappa shape index (κ3) is 5.82. The number of carbonyl (C=O) groups is 2. The van der Waals surface area contributed by atoms with Crippen molar-refractivity contribution in [3.05, 3.63) is 82.2 Å². The van der Waals surface area contributed by atoms with Crippen LogP contribution in [-0.4, -0.2) is 41.4 Å². The first-order valence-corrected chi connectivity index (χ1v) is 11.7. The highest BCUT2D eigenvalue weighted by atomic mass is 35.5. The zero-order valence-electron chi connectivity index (χ0n) is 18.6. The van der Waals surface area contributed by atoms with Crippen LogP contribution in [0.2, 0.25) is 5.02 Å². The number of benzene rings is 3. The normalized spacial score (nSPS) is 14.8. The Labute approximate surface area is 210 Å². The van der Waals surface area contributed by atoms with Crippen LogP contribution in [-0.2, 0) is 4.79 Å². The van der Waals surface area contributed by atoms with E-state index in [1.165, 1.54) is 19.3 Å². The molecule has 4 rings (SSSR count). The molecule has 3 aromatic rings. The SMILES string of the molecule is COc1ccccc1OCCN1C(=O)S/C(=C\c2cc(N=Nc3ccccc3Cl)ccc2O)C1=O. The third-order valence-corrected chi connectivity index (χ3v) is 6.17. The Morgan fingerprint density at radius 3 is 2.54 bits per heavy atom. The number of aromatic hydroxyl groups is 1. The van der Waals surface area contributed by atoms with Crippen molar-refractivity contribution in [2.75, 3.05) is 20.3 Å². The molecule has 1 N–H and O–H groups in total. The summed E-state index contributed by atoms with van der Waals surface area (Å²) in [7, 11) is 1.53. The fourth-order valence-electron chi connectivity index (χ4n) is 3.18. The van der Waals surface area contributed by atoms with Gasteiger partial charge in [0.15, 0.2) is 11.5 Å². The van der Waals surface area contributed by atoms with Gasteiger partial charge in [-0.2, -0.15) is 5.11 Å². The Balaban J connectivity index is 1.46. The number of para-hydroxylation sites is 2. The van der Waals surface area contributed by atoms with Crippen molar-refractivity contribution in [2.24, 2.45) is 10.2 Å². The summed E-state index contributed by atoms with van der Waals surface area (Å²) in [6, 6.07) is 18.7. The van der Waals surface area contributed by atoms with Gasteiger partial charge in [-0.05, 0) is 60.3 Å². The molecule has 10 heteroatoms. The van der Waals surface area contributed by atoms with Crippen LogP contribution in [0.5, 0.6) is 17.2 Å². The molecule has 0 aromatic heterocycles. The van der Waals surface area contributed by atoms with Gasteiger partial charge >= 0.3 is 0 Å². The molecule has 1 saturated heterocycles. The number of methoxy groups -OCH3 is 1. The molecule has 8 nitrogen and oxygen atoms in total. The largest absolute Gasteiger partial charge is 0.507 e. The molecule has 0 spiro atoms. The van der Waals surface area contributed by atoms with Gasteiger partial charge in [0.1, 0.15) is 18.0 Å². The van der Waals surface area contributed by atoms with Gasteiger partial charge in [0.25, 0.3) is 11.1 Å². The molecule has 0 saturated carbocycles. The molecule has 3 aromatic carbocycles. The molecule has 0 bridgehead atoms. The third-order valence-electron chi connectivity index (χ3n) is 4.94. The average molecular weight is 510 g/mol. The van der Waals surface area contributed by atoms with Gasteiger partial charge in [-0.1, -0.05) is 35.9 Å². The predicted molar refractivity (Wildman–Crippen MR) is 135 cm³/mol. The van der Waals surface area contributed by atoms with E-state index in [-0.39, 0.29) is 23.8 Å². The molecule has 1 fully saturated rings. The van der Waals surface area contributed by atoms with Gasteiger partial charge in [0.05, 0.1) is 29.3 Å². The minimum atomic E-state index is -0.467. The highest BCUT2D eigenvalue weighted by molar-refractivity contribution is 8.18. The van der Waals surface area contributed by atoms with Gasteiger partial charge in [-0.15, -0.1) is 5.11 Å². The van der Waals surface area contributed by atoms with E-state index >= 15 is 0 Å². The van der Waals surface area contributed by atoms with Gasteiger partial charge in [-0.3, -0.25) is 14.5 Å². The molecule has 1 heterocycles. The second-order valence-electron chi connectivity index (χ2n) is 7.23. The fraction of sp³-hybridized carbons (Fsp3) is 0.120. The second kappa shape index (κ2) is 11.1. The zero-order chi connectivity index (χ0) is 24.8. The minimum absolute atomic E-state index is 0.0620. The average Bonchev–Trinajstić information content (AvgIpc) is 3.13. The number of hydrogen-bond acceptors (Lipinski definition) is 8. The highest BCUT2D eigenvalue weighted by Crippen LogP contribution is 2.35. The summed E-state index contributed by atoms with van der Waals surface area (Å²) in [6.45, 7) is 0.174. The number of amides is 2. The summed E-state index contributed by atoms with van der Waals surface area (Å²) in [5.41, 5.74) is 1.27. The van der Waals surface area contributed by atoms with Crippen molar-refractivity contribution in [3.63, 3.8) is 0 Å². The lowest BCUT2D eigenvalue weighted by Gasteiger charge is -2.14. The van der Waals surface area contributed by atoms with Crippen molar-refractivity contribution in [1.29, 1.82) is 0 Å². The summed E-state index contributed by atoms with van der Waals surface area (Å²) < 4.78 is 10.9. The molecule has 2 amide bonds. The van der Waals surface area contributed by atoms with E-state index in [0.717, 1.165) is 16.7 Å². The second-order valence-corrected chi connectivity index (χ2v) is 8.63. The summed E-state index contributed by atoms with van der Waals surface area (Å²) in [4.78, 5) is 26.5. The van der Waals surface area contributed by atoms with E-state index in [9.17, 15) is 14.7 Å². The number of azo groups is 1. The number of phenolic OH excluding ortho intramolecular Hbond substituents is 1. The van der Waals surface area contributed by atoms with Crippen molar-refractivity contribution in [2.45, 2.75) is 0 Å². The van der Waals surface area contributed by atoms with Crippen LogP contribution in [0.25, 0.3) is 6.08 Å². The number of phenols is 1. The fourth-order valence-corrected chi connectivity index (χ4v) is 4.21. The van der Waals surface area contributed by atoms with Crippen molar-refractivity contribution >= 4 is 52.0 Å². The van der Waals surface area contributed by atoms with Crippen LogP contribution in [0, 0.1) is 0 Å². The maximum Gasteiger partial charge on any atom is 0.293 e. The Bertz CT molecular complexity index is 1330. The minimum Gasteiger partial charge on any atom is -0.507 e. The van der Waals surface area contributed by atoms with E-state index in [1.54, 1.807) is 54.6 Å². The number of ether oxygens (including phenoxy) is 2. The summed E-state index contributed by atoms with van der Waals surface area (Å²) >= 11 is 6.89. The van der Waals surface area contributed by atoms with Gasteiger partial charge in [0.2, 0.25) is 0 Å². The van der Waals surface area contributed by atoms with E-state index in [0.29, 0.717) is 33.5 Å². The first-order chi connectivity index (χ1) is 17.0. The van der Waals surface area contributed by atoms with Crippen molar-refractivity contribution in [3.8, 4) is 17.2 Å². The molecule has 1 aliphatic heterocycles. The summed E-state index contributed by atoms with van der Waals surface area (Å²) in [5, 5.41) is 18.6. The Hall–Kier alpha value is -3.82. The summed E-state index contributed by atoms with van der Waals surface area (Å²) in [5.74, 6) is 0.549. The van der Waals surface area contributed by atoms with E-state index < -0.39 is 11.1 Å². The number of thioether (sulfide) groups is 1. The van der Waals surface area contributed by atoms with Gasteiger partial charge in [-0.25, -0.2) is 0 Å². The quantitative estimate of drug-likeness (QED) is 0.272. The Kier molecular flexibility index (Phi) is 7.69. The van der Waals surface area contributed by atoms with Crippen LogP contribution in [0.3, 0.4) is 0 Å². The molecular weight excluding hydrogens is 490 g/mol. The number of imide groups is 1. The van der Waals surface area contributed by atoms with E-state index in [4.69, 9.17) is 21.1 Å². The number of carbonyl (C=O) groups excluding carboxylic acids is 2. The molecule has 0 radical (unpaired) electrons. The Morgan fingerprint density at radius 2 is 1.77 bits per heavy atom. The number of hydrogen-bond donors (Lipinski definition) is 1. The number of rotatable bonds is 8. The van der Waals surface area contributed by atoms with E-state index in [2.05, 4.69) is 10.2 Å². The lowest BCUT2D eigenvalue weighted by molar-refractivity contribution is -0.123. The maximum absolute atomic E-state index is 12.8. The zero-order valence-corrected chi connectivity index (χ0v) is 20.1. The molecular formula is C25H20ClN3O5S. The van der Waals surface area contributed by atoms with Crippen LogP contribution in [0.4, 0.5) is 16.2 Å². The number of nitrogens with zero attached hydrogens (tertiary/aromatic N) is 3. The predicted octanol–water partition coefficient (Wildman–Crippen LogP) is 6.58. The molecule has 0 atom stereocenters. The van der Waals surface area contributed by atoms with Gasteiger partial charge < -0.3 is 14.6 Å². The highest BCUT2D eigenvalue weighted by Gasteiger charge is 2.35. The molecule has 0 unspecified atom stereocenters. The van der Waals surface area contributed by atoms with E-state index in [1.807, 2.05) is 6.07 Å². The molecule has 1 aliphatic rings. The van der Waals surface area contributed by atoms with Crippen LogP contribution < -0.4 is 9.47 Å². The van der Waals surface area contributed by atoms with Crippen LogP contribution in [0.15, 0.2) is 81.9 Å². The topological polar surface area (TPSA) is 101 Å². The summed E-state index contributed by atoms with van der Waals surface area (Å²) in [6.07, 6.45) is 1.45. The smallest absolute Gasteiger partial charge is 0.293 e. The Morgan fingerprint density at radius 1 is 1.03 bits per heavy atom. The van der Waals surface area contributed by atoms with Crippen LogP contribution in [0.1, 0.15) is 5.56 Å². The monoisotopic (exact) mass is 509 g/mol. The van der Waals surface area contributed by atoms with Crippen molar-refractivity contribution < 1.29 is 24.2 Å². The van der Waals surface area contributed by atoms with Crippen LogP contribution >= 0.6 is 23.4 Å². The molecule has 35 heavy (non-hydrogen) atoms. The van der Waals surface area contributed by atoms with Crippen molar-refractivity contribution in [1.82, 2.24) is 4.90 Å². The maximum atomic E-state index is 12.8. The first-order valence-electron chi connectivity index (χ1n) is 10.5. The van der Waals surface area contributed by atoms with Gasteiger partial charge in [0, 0.05) is 5.56 Å². The number of halogens is 1. The molecule has 0 aliphatic carbocycles. The standard InChI is InChI=1S/C25H20ClN3O5S/c1-33-21-8-4-5-9-22(21)34-13-12-29-24(31)23(35-25(29)32)15-16-14-17(10-11-20(16)30)27-28-19-7-3-2-6-18(19)26/h2-11,14-15,30H,12-13H2,1H3/b23-15-,28-27?.